The van der Waals surface area contributed by atoms with E-state index in [0.717, 1.165) is 16.8 Å². The number of hydrogen-bond donors (Lipinski definition) is 0. The van der Waals surface area contributed by atoms with Crippen molar-refractivity contribution in [3.63, 3.8) is 0 Å². The summed E-state index contributed by atoms with van der Waals surface area (Å²) < 4.78 is 7.55. The largest absolute Gasteiger partial charge is 0.437 e. The summed E-state index contributed by atoms with van der Waals surface area (Å²) >= 11 is 6.01. The molecule has 2 heterocycles. The predicted molar refractivity (Wildman–Crippen MR) is 102 cm³/mol. The van der Waals surface area contributed by atoms with Crippen molar-refractivity contribution >= 4 is 22.9 Å². The second-order valence-electron chi connectivity index (χ2n) is 5.95. The molecule has 0 fully saturated rings. The Balaban J connectivity index is 1.79. The quantitative estimate of drug-likeness (QED) is 0.539. The van der Waals surface area contributed by atoms with Crippen molar-refractivity contribution in [2.75, 3.05) is 19.0 Å². The Bertz CT molecular complexity index is 1060. The van der Waals surface area contributed by atoms with Crippen LogP contribution in [0.1, 0.15) is 0 Å². The maximum Gasteiger partial charge on any atom is 0.246 e. The standard InChI is InChI=1S/C19H16ClN5O/c1-24(2)14-8-9-15(13-6-4-3-5-7-13)16(12-14)26-18-11-10-17-21-22-19(20)25(17)23-18/h3-12H,1-2H3. The van der Waals surface area contributed by atoms with Crippen LogP contribution in [0.3, 0.4) is 0 Å². The van der Waals surface area contributed by atoms with Crippen molar-refractivity contribution in [3.8, 4) is 22.8 Å². The van der Waals surface area contributed by atoms with E-state index >= 15 is 0 Å². The highest BCUT2D eigenvalue weighted by molar-refractivity contribution is 6.28. The van der Waals surface area contributed by atoms with Crippen molar-refractivity contribution in [2.45, 2.75) is 0 Å². The van der Waals surface area contributed by atoms with Crippen LogP contribution in [0.25, 0.3) is 16.8 Å². The average molecular weight is 366 g/mol. The first-order valence-electron chi connectivity index (χ1n) is 8.04. The van der Waals surface area contributed by atoms with Crippen molar-refractivity contribution < 1.29 is 4.74 Å². The number of ether oxygens (including phenoxy) is 1. The molecule has 6 nitrogen and oxygen atoms in total. The van der Waals surface area contributed by atoms with Crippen LogP contribution in [0.5, 0.6) is 11.6 Å². The molecule has 0 amide bonds. The molecule has 2 aromatic carbocycles. The smallest absolute Gasteiger partial charge is 0.246 e. The number of hydrogen-bond acceptors (Lipinski definition) is 5. The fraction of sp³-hybridized carbons (Fsp3) is 0.105. The molecule has 130 valence electrons. The minimum atomic E-state index is 0.191. The van der Waals surface area contributed by atoms with E-state index in [1.807, 2.05) is 61.5 Å². The van der Waals surface area contributed by atoms with Gasteiger partial charge in [-0.25, -0.2) is 0 Å². The second kappa shape index (κ2) is 6.65. The van der Waals surface area contributed by atoms with Crippen LogP contribution in [0, 0.1) is 0 Å². The summed E-state index contributed by atoms with van der Waals surface area (Å²) in [7, 11) is 3.98. The Hall–Kier alpha value is -3.12. The molecule has 0 N–H and O–H groups in total. The number of rotatable bonds is 4. The van der Waals surface area contributed by atoms with Gasteiger partial charge in [-0.2, -0.15) is 4.52 Å². The second-order valence-corrected chi connectivity index (χ2v) is 6.29. The van der Waals surface area contributed by atoms with Gasteiger partial charge >= 0.3 is 0 Å². The van der Waals surface area contributed by atoms with Crippen LogP contribution < -0.4 is 9.64 Å². The first-order valence-corrected chi connectivity index (χ1v) is 8.42. The van der Waals surface area contributed by atoms with Crippen LogP contribution in [-0.4, -0.2) is 33.9 Å². The lowest BCUT2D eigenvalue weighted by atomic mass is 10.0. The van der Waals surface area contributed by atoms with Gasteiger partial charge in [0, 0.05) is 37.5 Å². The molecule has 0 aliphatic rings. The summed E-state index contributed by atoms with van der Waals surface area (Å²) in [6.07, 6.45) is 0. The molecule has 0 bridgehead atoms. The fourth-order valence-corrected chi connectivity index (χ4v) is 2.80. The SMILES string of the molecule is CN(C)c1ccc(-c2ccccc2)c(Oc2ccc3nnc(Cl)n3n2)c1. The highest BCUT2D eigenvalue weighted by Gasteiger charge is 2.12. The number of anilines is 1. The van der Waals surface area contributed by atoms with E-state index in [0.29, 0.717) is 17.3 Å². The van der Waals surface area contributed by atoms with Gasteiger partial charge in [0.05, 0.1) is 0 Å². The molecule has 0 atom stereocenters. The first kappa shape index (κ1) is 16.4. The highest BCUT2D eigenvalue weighted by Crippen LogP contribution is 2.35. The maximum absolute atomic E-state index is 6.11. The molecule has 0 radical (unpaired) electrons. The lowest BCUT2D eigenvalue weighted by Gasteiger charge is -2.17. The Kier molecular flexibility index (Phi) is 4.18. The summed E-state index contributed by atoms with van der Waals surface area (Å²) in [5, 5.41) is 12.3. The van der Waals surface area contributed by atoms with Gasteiger partial charge in [0.2, 0.25) is 11.2 Å². The Morgan fingerprint density at radius 2 is 1.77 bits per heavy atom. The minimum absolute atomic E-state index is 0.191. The molecule has 0 saturated heterocycles. The third kappa shape index (κ3) is 3.07. The molecule has 4 aromatic rings. The molecule has 0 aliphatic carbocycles. The van der Waals surface area contributed by atoms with Crippen LogP contribution in [0.2, 0.25) is 5.28 Å². The molecule has 2 aromatic heterocycles. The van der Waals surface area contributed by atoms with Gasteiger partial charge in [0.15, 0.2) is 5.65 Å². The van der Waals surface area contributed by atoms with Crippen LogP contribution >= 0.6 is 11.6 Å². The van der Waals surface area contributed by atoms with Crippen molar-refractivity contribution in [3.05, 3.63) is 65.9 Å². The van der Waals surface area contributed by atoms with Crippen LogP contribution in [0.15, 0.2) is 60.7 Å². The zero-order chi connectivity index (χ0) is 18.1. The van der Waals surface area contributed by atoms with Crippen LogP contribution in [0.4, 0.5) is 5.69 Å². The zero-order valence-electron chi connectivity index (χ0n) is 14.3. The van der Waals surface area contributed by atoms with E-state index in [1.165, 1.54) is 4.52 Å². The molecular formula is C19H16ClN5O. The molecular weight excluding hydrogens is 350 g/mol. The zero-order valence-corrected chi connectivity index (χ0v) is 15.1. The molecule has 26 heavy (non-hydrogen) atoms. The Morgan fingerprint density at radius 1 is 0.962 bits per heavy atom. The lowest BCUT2D eigenvalue weighted by molar-refractivity contribution is 0.454. The van der Waals surface area contributed by atoms with Crippen molar-refractivity contribution in [1.29, 1.82) is 0 Å². The van der Waals surface area contributed by atoms with Gasteiger partial charge in [-0.05, 0) is 35.4 Å². The van der Waals surface area contributed by atoms with E-state index in [1.54, 1.807) is 12.1 Å². The van der Waals surface area contributed by atoms with E-state index < -0.39 is 0 Å². The number of nitrogens with zero attached hydrogens (tertiary/aromatic N) is 5. The molecule has 0 unspecified atom stereocenters. The van der Waals surface area contributed by atoms with Crippen molar-refractivity contribution in [2.24, 2.45) is 0 Å². The highest BCUT2D eigenvalue weighted by atomic mass is 35.5. The predicted octanol–water partition coefficient (Wildman–Crippen LogP) is 4.30. The molecule has 4 rings (SSSR count). The number of benzene rings is 2. The topological polar surface area (TPSA) is 55.5 Å². The minimum Gasteiger partial charge on any atom is -0.437 e. The van der Waals surface area contributed by atoms with E-state index in [2.05, 4.69) is 21.4 Å². The Morgan fingerprint density at radius 3 is 2.54 bits per heavy atom. The van der Waals surface area contributed by atoms with Gasteiger partial charge in [0.25, 0.3) is 0 Å². The Labute approximate surface area is 155 Å². The molecule has 7 heteroatoms. The van der Waals surface area contributed by atoms with Gasteiger partial charge < -0.3 is 9.64 Å². The summed E-state index contributed by atoms with van der Waals surface area (Å²) in [4.78, 5) is 2.02. The lowest BCUT2D eigenvalue weighted by Crippen LogP contribution is -2.08. The normalized spacial score (nSPS) is 10.9. The van der Waals surface area contributed by atoms with E-state index in [-0.39, 0.29) is 5.28 Å². The van der Waals surface area contributed by atoms with Gasteiger partial charge in [-0.1, -0.05) is 30.3 Å². The molecule has 0 aliphatic heterocycles. The average Bonchev–Trinajstić information content (AvgIpc) is 3.03. The van der Waals surface area contributed by atoms with Crippen molar-refractivity contribution in [1.82, 2.24) is 19.8 Å². The van der Waals surface area contributed by atoms with Gasteiger partial charge in [-0.15, -0.1) is 15.3 Å². The van der Waals surface area contributed by atoms with E-state index in [9.17, 15) is 0 Å². The summed E-state index contributed by atoms with van der Waals surface area (Å²) in [5.74, 6) is 1.12. The van der Waals surface area contributed by atoms with E-state index in [4.69, 9.17) is 16.3 Å². The van der Waals surface area contributed by atoms with Gasteiger partial charge in [-0.3, -0.25) is 0 Å². The summed E-state index contributed by atoms with van der Waals surface area (Å²) in [6, 6.07) is 19.7. The summed E-state index contributed by atoms with van der Waals surface area (Å²) in [6.45, 7) is 0. The number of aromatic nitrogens is 4. The number of halogens is 1. The molecule has 0 spiro atoms. The number of fused-ring (bicyclic) bond motifs is 1. The molecule has 0 saturated carbocycles. The summed E-state index contributed by atoms with van der Waals surface area (Å²) in [5.41, 5.74) is 3.64. The van der Waals surface area contributed by atoms with Gasteiger partial charge in [0.1, 0.15) is 5.75 Å². The monoisotopic (exact) mass is 365 g/mol. The third-order valence-corrected chi connectivity index (χ3v) is 4.22. The third-order valence-electron chi connectivity index (χ3n) is 3.98. The first-order chi connectivity index (χ1) is 12.6. The van der Waals surface area contributed by atoms with Crippen LogP contribution in [-0.2, 0) is 0 Å². The maximum atomic E-state index is 6.11. The fourth-order valence-electron chi connectivity index (χ4n) is 2.64.